The predicted octanol–water partition coefficient (Wildman–Crippen LogP) is 4.19. The second-order valence-corrected chi connectivity index (χ2v) is 7.07. The second kappa shape index (κ2) is 10.2. The zero-order chi connectivity index (χ0) is 20.1. The van der Waals surface area contributed by atoms with Gasteiger partial charge in [0.15, 0.2) is 11.7 Å². The summed E-state index contributed by atoms with van der Waals surface area (Å²) in [6.07, 6.45) is -3.57. The Morgan fingerprint density at radius 3 is 2.66 bits per heavy atom. The summed E-state index contributed by atoms with van der Waals surface area (Å²) in [5.41, 5.74) is 1.22. The number of aromatic nitrogens is 3. The molecule has 29 heavy (non-hydrogen) atoms. The number of nitrogens with zero attached hydrogens (tertiary/aromatic N) is 4. The average Bonchev–Trinajstić information content (AvgIpc) is 3.25. The molecule has 0 bridgehead atoms. The van der Waals surface area contributed by atoms with Crippen LogP contribution < -0.4 is 10.6 Å². The molecule has 0 amide bonds. The SMILES string of the molecule is CN=C(NCCCn1c(C)nc2ccccc21)NCc1nc(C(F)(F)F)cs1.I. The maximum absolute atomic E-state index is 12.6. The van der Waals surface area contributed by atoms with Crippen LogP contribution in [0.1, 0.15) is 22.9 Å². The molecule has 2 N–H and O–H groups in total. The van der Waals surface area contributed by atoms with Crippen LogP contribution in [0.3, 0.4) is 0 Å². The van der Waals surface area contributed by atoms with Crippen molar-refractivity contribution in [1.29, 1.82) is 0 Å². The van der Waals surface area contributed by atoms with Gasteiger partial charge in [-0.05, 0) is 25.5 Å². The van der Waals surface area contributed by atoms with E-state index in [2.05, 4.69) is 30.2 Å². The topological polar surface area (TPSA) is 67.1 Å². The van der Waals surface area contributed by atoms with E-state index < -0.39 is 11.9 Å². The van der Waals surface area contributed by atoms with E-state index in [1.54, 1.807) is 7.05 Å². The summed E-state index contributed by atoms with van der Waals surface area (Å²) >= 11 is 0.972. The molecular formula is C18H22F3IN6S. The van der Waals surface area contributed by atoms with E-state index >= 15 is 0 Å². The van der Waals surface area contributed by atoms with E-state index in [0.29, 0.717) is 17.5 Å². The zero-order valence-corrected chi connectivity index (χ0v) is 19.1. The third-order valence-corrected chi connectivity index (χ3v) is 5.02. The molecule has 3 aromatic rings. The first-order valence-electron chi connectivity index (χ1n) is 8.76. The highest BCUT2D eigenvalue weighted by molar-refractivity contribution is 14.0. The lowest BCUT2D eigenvalue weighted by molar-refractivity contribution is -0.140. The summed E-state index contributed by atoms with van der Waals surface area (Å²) in [6.45, 7) is 3.64. The number of guanidine groups is 1. The number of alkyl halides is 3. The Labute approximate surface area is 187 Å². The van der Waals surface area contributed by atoms with Crippen LogP contribution in [0.5, 0.6) is 0 Å². The Kier molecular flexibility index (Phi) is 8.25. The van der Waals surface area contributed by atoms with Crippen LogP contribution in [0.2, 0.25) is 0 Å². The van der Waals surface area contributed by atoms with Crippen molar-refractivity contribution in [2.24, 2.45) is 4.99 Å². The summed E-state index contributed by atoms with van der Waals surface area (Å²) in [7, 11) is 1.62. The molecule has 6 nitrogen and oxygen atoms in total. The van der Waals surface area contributed by atoms with Gasteiger partial charge < -0.3 is 15.2 Å². The quantitative estimate of drug-likeness (QED) is 0.214. The Bertz CT molecular complexity index is 966. The highest BCUT2D eigenvalue weighted by Gasteiger charge is 2.33. The number of hydrogen-bond acceptors (Lipinski definition) is 4. The molecule has 0 fully saturated rings. The summed E-state index contributed by atoms with van der Waals surface area (Å²) in [4.78, 5) is 12.2. The van der Waals surface area contributed by atoms with Crippen LogP contribution in [-0.4, -0.2) is 34.1 Å². The maximum atomic E-state index is 12.6. The minimum Gasteiger partial charge on any atom is -0.356 e. The minimum absolute atomic E-state index is 0. The van der Waals surface area contributed by atoms with E-state index in [9.17, 15) is 13.2 Å². The largest absolute Gasteiger partial charge is 0.434 e. The van der Waals surface area contributed by atoms with Gasteiger partial charge in [0.25, 0.3) is 0 Å². The number of para-hydroxylation sites is 2. The van der Waals surface area contributed by atoms with Gasteiger partial charge in [-0.2, -0.15) is 13.2 Å². The lowest BCUT2D eigenvalue weighted by Crippen LogP contribution is -2.37. The van der Waals surface area contributed by atoms with Gasteiger partial charge in [0.1, 0.15) is 10.8 Å². The molecule has 0 radical (unpaired) electrons. The lowest BCUT2D eigenvalue weighted by atomic mass is 10.3. The van der Waals surface area contributed by atoms with Crippen LogP contribution in [0, 0.1) is 6.92 Å². The Hall–Kier alpha value is -1.89. The molecule has 3 rings (SSSR count). The van der Waals surface area contributed by atoms with Gasteiger partial charge in [-0.3, -0.25) is 4.99 Å². The van der Waals surface area contributed by atoms with Crippen LogP contribution in [0.15, 0.2) is 34.6 Å². The number of nitrogens with one attached hydrogen (secondary N) is 2. The van der Waals surface area contributed by atoms with E-state index in [0.717, 1.165) is 46.5 Å². The van der Waals surface area contributed by atoms with Crippen molar-refractivity contribution in [1.82, 2.24) is 25.2 Å². The summed E-state index contributed by atoms with van der Waals surface area (Å²) in [5.74, 6) is 1.49. The number of imidazole rings is 1. The van der Waals surface area contributed by atoms with E-state index in [1.807, 2.05) is 31.2 Å². The number of benzene rings is 1. The molecule has 0 spiro atoms. The molecule has 11 heteroatoms. The first kappa shape index (κ1) is 23.4. The molecule has 0 aliphatic carbocycles. The second-order valence-electron chi connectivity index (χ2n) is 6.13. The maximum Gasteiger partial charge on any atom is 0.434 e. The van der Waals surface area contributed by atoms with Crippen molar-refractivity contribution in [3.8, 4) is 0 Å². The van der Waals surface area contributed by atoms with Crippen molar-refractivity contribution < 1.29 is 13.2 Å². The van der Waals surface area contributed by atoms with Gasteiger partial charge in [-0.15, -0.1) is 35.3 Å². The van der Waals surface area contributed by atoms with Crippen LogP contribution in [-0.2, 0) is 19.3 Å². The van der Waals surface area contributed by atoms with Gasteiger partial charge in [0, 0.05) is 25.5 Å². The fraction of sp³-hybridized carbons (Fsp3) is 0.389. The van der Waals surface area contributed by atoms with Gasteiger partial charge >= 0.3 is 6.18 Å². The normalized spacial score (nSPS) is 12.1. The van der Waals surface area contributed by atoms with Crippen LogP contribution in [0.25, 0.3) is 11.0 Å². The van der Waals surface area contributed by atoms with Crippen LogP contribution in [0.4, 0.5) is 13.2 Å². The van der Waals surface area contributed by atoms with Crippen molar-refractivity contribution >= 4 is 52.3 Å². The smallest absolute Gasteiger partial charge is 0.356 e. The van der Waals surface area contributed by atoms with Gasteiger partial charge in [-0.25, -0.2) is 9.97 Å². The Morgan fingerprint density at radius 2 is 1.97 bits per heavy atom. The number of hydrogen-bond donors (Lipinski definition) is 2. The Balaban J connectivity index is 0.00000300. The molecule has 0 unspecified atom stereocenters. The predicted molar refractivity (Wildman–Crippen MR) is 120 cm³/mol. The van der Waals surface area contributed by atoms with Crippen LogP contribution >= 0.6 is 35.3 Å². The third-order valence-electron chi connectivity index (χ3n) is 4.17. The number of aliphatic imine (C=N–C) groups is 1. The number of halogens is 4. The molecule has 0 aliphatic heterocycles. The standard InChI is InChI=1S/C18H21F3N6S.HI/c1-12-25-13-6-3-4-7-14(13)27(12)9-5-8-23-17(22-2)24-10-16-26-15(11-28-16)18(19,20)21;/h3-4,6-7,11H,5,8-10H2,1-2H3,(H2,22,23,24);1H. The molecule has 2 heterocycles. The van der Waals surface area contributed by atoms with E-state index in [-0.39, 0.29) is 30.5 Å². The monoisotopic (exact) mass is 538 g/mol. The Morgan fingerprint density at radius 1 is 1.21 bits per heavy atom. The number of rotatable bonds is 6. The van der Waals surface area contributed by atoms with Gasteiger partial charge in [0.2, 0.25) is 0 Å². The lowest BCUT2D eigenvalue weighted by Gasteiger charge is -2.12. The van der Waals surface area contributed by atoms with E-state index in [1.165, 1.54) is 0 Å². The molecule has 0 saturated heterocycles. The number of fused-ring (bicyclic) bond motifs is 1. The summed E-state index contributed by atoms with van der Waals surface area (Å²) in [6, 6.07) is 8.00. The number of aryl methyl sites for hydroxylation is 2. The summed E-state index contributed by atoms with van der Waals surface area (Å²) in [5, 5.41) is 7.53. The summed E-state index contributed by atoms with van der Waals surface area (Å²) < 4.78 is 40.0. The molecule has 0 atom stereocenters. The molecule has 1 aromatic carbocycles. The van der Waals surface area contributed by atoms with Gasteiger partial charge in [-0.1, -0.05) is 12.1 Å². The molecule has 0 saturated carbocycles. The zero-order valence-electron chi connectivity index (χ0n) is 16.0. The molecule has 158 valence electrons. The van der Waals surface area contributed by atoms with E-state index in [4.69, 9.17) is 0 Å². The molecule has 2 aromatic heterocycles. The highest BCUT2D eigenvalue weighted by atomic mass is 127. The van der Waals surface area contributed by atoms with Crippen molar-refractivity contribution in [2.75, 3.05) is 13.6 Å². The first-order valence-corrected chi connectivity index (χ1v) is 9.64. The van der Waals surface area contributed by atoms with Crippen molar-refractivity contribution in [3.05, 3.63) is 46.2 Å². The number of thiazole rings is 1. The first-order chi connectivity index (χ1) is 13.4. The van der Waals surface area contributed by atoms with Crippen molar-refractivity contribution in [3.63, 3.8) is 0 Å². The minimum atomic E-state index is -4.41. The molecule has 0 aliphatic rings. The van der Waals surface area contributed by atoms with Crippen molar-refractivity contribution in [2.45, 2.75) is 32.6 Å². The fourth-order valence-corrected chi connectivity index (χ4v) is 3.56. The van der Waals surface area contributed by atoms with Gasteiger partial charge in [0.05, 0.1) is 17.6 Å². The highest BCUT2D eigenvalue weighted by Crippen LogP contribution is 2.29. The average molecular weight is 538 g/mol. The fourth-order valence-electron chi connectivity index (χ4n) is 2.82. The third kappa shape index (κ3) is 6.04. The molecular weight excluding hydrogens is 516 g/mol.